The van der Waals surface area contributed by atoms with Crippen molar-refractivity contribution in [3.63, 3.8) is 0 Å². The van der Waals surface area contributed by atoms with Gasteiger partial charge in [-0.2, -0.15) is 0 Å². The first-order valence-electron chi connectivity index (χ1n) is 15.2. The summed E-state index contributed by atoms with van der Waals surface area (Å²) < 4.78 is 1.85. The molecule has 2 unspecified atom stereocenters. The molecule has 2 aromatic carbocycles. The Morgan fingerprint density at radius 3 is 2.29 bits per heavy atom. The molecule has 1 aromatic heterocycles. The molecule has 8 heteroatoms. The van der Waals surface area contributed by atoms with Crippen molar-refractivity contribution in [3.05, 3.63) is 88.2 Å². The third kappa shape index (κ3) is 5.02. The van der Waals surface area contributed by atoms with Crippen LogP contribution in [0.2, 0.25) is 0 Å². The predicted molar refractivity (Wildman–Crippen MR) is 162 cm³/mol. The fourth-order valence-electron chi connectivity index (χ4n) is 7.34. The van der Waals surface area contributed by atoms with E-state index < -0.39 is 6.04 Å². The van der Waals surface area contributed by atoms with Crippen molar-refractivity contribution in [2.75, 3.05) is 25.6 Å². The summed E-state index contributed by atoms with van der Waals surface area (Å²) in [6.07, 6.45) is 7.92. The van der Waals surface area contributed by atoms with Crippen molar-refractivity contribution in [3.8, 4) is 0 Å². The number of aromatic nitrogens is 1. The standard InChI is InChI=1S/C34H40N4O4/c1-36-20-29-31(37(2)34(36)42)26-14-8-9-15-28(26)38(29)33(41)25-18-16-24(17-19-25)30(23-12-6-7-13-23)32(40)35-27(21-39)22-10-4-3-5-11-22/h3-5,10-11,16-19,23,27,30,39H,6-9,12-15,20-21H2,1-2H3,(H,35,40). The van der Waals surface area contributed by atoms with Crippen LogP contribution in [-0.4, -0.2) is 53.1 Å². The molecule has 3 aromatic rings. The SMILES string of the molecule is CN1Cc2c(c3c(n2C(=O)c2ccc(C(C(=O)NC(CO)c4ccccc4)C4CCCC4)cc2)CCCC3)N(C)C1=O. The van der Waals surface area contributed by atoms with Crippen molar-refractivity contribution in [2.24, 2.45) is 5.92 Å². The van der Waals surface area contributed by atoms with E-state index in [9.17, 15) is 19.5 Å². The van der Waals surface area contributed by atoms with E-state index in [0.29, 0.717) is 12.1 Å². The van der Waals surface area contributed by atoms with Crippen LogP contribution in [0.5, 0.6) is 0 Å². The van der Waals surface area contributed by atoms with Gasteiger partial charge in [0.2, 0.25) is 5.91 Å². The monoisotopic (exact) mass is 568 g/mol. The van der Waals surface area contributed by atoms with Crippen LogP contribution < -0.4 is 10.2 Å². The predicted octanol–water partition coefficient (Wildman–Crippen LogP) is 5.18. The lowest BCUT2D eigenvalue weighted by molar-refractivity contribution is -0.124. The fourth-order valence-corrected chi connectivity index (χ4v) is 7.34. The summed E-state index contributed by atoms with van der Waals surface area (Å²) in [5.41, 5.74) is 6.25. The Morgan fingerprint density at radius 1 is 0.905 bits per heavy atom. The zero-order chi connectivity index (χ0) is 29.4. The summed E-state index contributed by atoms with van der Waals surface area (Å²) in [5, 5.41) is 13.2. The van der Waals surface area contributed by atoms with Gasteiger partial charge in [-0.3, -0.25) is 19.1 Å². The smallest absolute Gasteiger partial charge is 0.324 e. The lowest BCUT2D eigenvalue weighted by atomic mass is 9.83. The second kappa shape index (κ2) is 11.8. The first-order chi connectivity index (χ1) is 20.4. The third-order valence-corrected chi connectivity index (χ3v) is 9.45. The Labute approximate surface area is 247 Å². The number of hydrogen-bond donors (Lipinski definition) is 2. The van der Waals surface area contributed by atoms with E-state index in [-0.39, 0.29) is 36.3 Å². The molecule has 2 aliphatic carbocycles. The fraction of sp³-hybridized carbons (Fsp3) is 0.441. The summed E-state index contributed by atoms with van der Waals surface area (Å²) in [5.74, 6) is -0.319. The molecule has 1 fully saturated rings. The number of aliphatic hydroxyl groups excluding tert-OH is 1. The van der Waals surface area contributed by atoms with Crippen LogP contribution in [0.3, 0.4) is 0 Å². The van der Waals surface area contributed by atoms with E-state index >= 15 is 0 Å². The van der Waals surface area contributed by atoms with Crippen molar-refractivity contribution < 1.29 is 19.5 Å². The minimum absolute atomic E-state index is 0.0586. The molecule has 0 saturated heterocycles. The van der Waals surface area contributed by atoms with Crippen LogP contribution in [0, 0.1) is 5.92 Å². The minimum atomic E-state index is -0.474. The topological polar surface area (TPSA) is 94.9 Å². The zero-order valence-electron chi connectivity index (χ0n) is 24.5. The molecule has 2 atom stereocenters. The normalized spacial score (nSPS) is 18.4. The van der Waals surface area contributed by atoms with Crippen molar-refractivity contribution in [2.45, 2.75) is 69.9 Å². The zero-order valence-corrected chi connectivity index (χ0v) is 24.5. The van der Waals surface area contributed by atoms with Gasteiger partial charge in [-0.25, -0.2) is 4.79 Å². The van der Waals surface area contributed by atoms with Crippen LogP contribution in [-0.2, 0) is 24.2 Å². The lowest BCUT2D eigenvalue weighted by Gasteiger charge is -2.32. The molecule has 3 aliphatic rings. The van der Waals surface area contributed by atoms with Crippen LogP contribution in [0.15, 0.2) is 54.6 Å². The van der Waals surface area contributed by atoms with E-state index in [1.165, 1.54) is 0 Å². The highest BCUT2D eigenvalue weighted by molar-refractivity contribution is 6.01. The maximum Gasteiger partial charge on any atom is 0.324 e. The number of carbonyl (C=O) groups is 3. The molecule has 1 aliphatic heterocycles. The largest absolute Gasteiger partial charge is 0.394 e. The van der Waals surface area contributed by atoms with Crippen molar-refractivity contribution in [1.29, 1.82) is 0 Å². The minimum Gasteiger partial charge on any atom is -0.394 e. The van der Waals surface area contributed by atoms with Crippen molar-refractivity contribution >= 4 is 23.5 Å². The first kappa shape index (κ1) is 28.2. The van der Waals surface area contributed by atoms with Gasteiger partial charge in [0.15, 0.2) is 0 Å². The van der Waals surface area contributed by atoms with Crippen LogP contribution >= 0.6 is 0 Å². The molecule has 0 spiro atoms. The molecule has 0 bridgehead atoms. The second-order valence-corrected chi connectivity index (χ2v) is 12.1. The molecule has 1 saturated carbocycles. The quantitative estimate of drug-likeness (QED) is 0.411. The number of benzene rings is 2. The summed E-state index contributed by atoms with van der Waals surface area (Å²) in [7, 11) is 3.56. The maximum atomic E-state index is 14.1. The number of rotatable bonds is 7. The van der Waals surface area contributed by atoms with Crippen LogP contribution in [0.1, 0.15) is 88.9 Å². The van der Waals surface area contributed by atoms with Gasteiger partial charge in [0.25, 0.3) is 5.91 Å². The van der Waals surface area contributed by atoms with Crippen LogP contribution in [0.4, 0.5) is 10.5 Å². The number of nitrogens with one attached hydrogen (secondary N) is 1. The third-order valence-electron chi connectivity index (χ3n) is 9.45. The molecule has 42 heavy (non-hydrogen) atoms. The molecule has 8 nitrogen and oxygen atoms in total. The van der Waals surface area contributed by atoms with E-state index in [1.54, 1.807) is 23.9 Å². The van der Waals surface area contributed by atoms with Gasteiger partial charge in [-0.05, 0) is 73.3 Å². The number of anilines is 1. The lowest BCUT2D eigenvalue weighted by Crippen LogP contribution is -2.43. The summed E-state index contributed by atoms with van der Waals surface area (Å²) in [6.45, 7) is 0.217. The van der Waals surface area contributed by atoms with Gasteiger partial charge < -0.3 is 15.3 Å². The Bertz CT molecular complexity index is 1470. The molecule has 3 amide bonds. The number of hydrogen-bond acceptors (Lipinski definition) is 4. The molecule has 6 rings (SSSR count). The van der Waals surface area contributed by atoms with Gasteiger partial charge in [-0.1, -0.05) is 55.3 Å². The number of urea groups is 1. The number of carbonyl (C=O) groups excluding carboxylic acids is 3. The molecular weight excluding hydrogens is 528 g/mol. The molecule has 0 radical (unpaired) electrons. The Balaban J connectivity index is 1.30. The van der Waals surface area contributed by atoms with Gasteiger partial charge in [0.05, 0.1) is 36.5 Å². The van der Waals surface area contributed by atoms with Gasteiger partial charge in [0, 0.05) is 25.4 Å². The summed E-state index contributed by atoms with van der Waals surface area (Å²) >= 11 is 0. The van der Waals surface area contributed by atoms with Gasteiger partial charge in [-0.15, -0.1) is 0 Å². The highest BCUT2D eigenvalue weighted by Gasteiger charge is 2.37. The summed E-state index contributed by atoms with van der Waals surface area (Å²) in [4.78, 5) is 44.0. The van der Waals surface area contributed by atoms with Crippen molar-refractivity contribution in [1.82, 2.24) is 14.8 Å². The average molecular weight is 569 g/mol. The van der Waals surface area contributed by atoms with E-state index in [1.807, 2.05) is 59.2 Å². The Morgan fingerprint density at radius 2 is 1.60 bits per heavy atom. The van der Waals surface area contributed by atoms with Gasteiger partial charge in [0.1, 0.15) is 0 Å². The van der Waals surface area contributed by atoms with Gasteiger partial charge >= 0.3 is 6.03 Å². The van der Waals surface area contributed by atoms with E-state index in [4.69, 9.17) is 0 Å². The highest BCUT2D eigenvalue weighted by atomic mass is 16.3. The molecule has 2 N–H and O–H groups in total. The Hall–Kier alpha value is -3.91. The highest BCUT2D eigenvalue weighted by Crippen LogP contribution is 2.41. The average Bonchev–Trinajstić information content (AvgIpc) is 3.66. The van der Waals surface area contributed by atoms with Crippen LogP contribution in [0.25, 0.3) is 0 Å². The Kier molecular flexibility index (Phi) is 7.90. The maximum absolute atomic E-state index is 14.1. The number of nitrogens with zero attached hydrogens (tertiary/aromatic N) is 3. The number of aliphatic hydroxyl groups is 1. The first-order valence-corrected chi connectivity index (χ1v) is 15.2. The van der Waals surface area contributed by atoms with E-state index in [0.717, 1.165) is 85.1 Å². The number of amides is 3. The molecule has 2 heterocycles. The second-order valence-electron chi connectivity index (χ2n) is 12.1. The molecular formula is C34H40N4O4. The van der Waals surface area contributed by atoms with E-state index in [2.05, 4.69) is 5.32 Å². The number of fused-ring (bicyclic) bond motifs is 3. The molecule has 220 valence electrons. The summed E-state index contributed by atoms with van der Waals surface area (Å²) in [6, 6.07) is 16.6.